The van der Waals surface area contributed by atoms with Crippen molar-refractivity contribution >= 4 is 17.7 Å². The van der Waals surface area contributed by atoms with Crippen LogP contribution in [-0.4, -0.2) is 18.0 Å². The van der Waals surface area contributed by atoms with Gasteiger partial charge in [0.2, 0.25) is 5.91 Å². The number of amides is 2. The highest BCUT2D eigenvalue weighted by Gasteiger charge is 2.22. The zero-order valence-corrected chi connectivity index (χ0v) is 16.3. The lowest BCUT2D eigenvalue weighted by atomic mass is 10.1. The van der Waals surface area contributed by atoms with Gasteiger partial charge in [-0.3, -0.25) is 4.79 Å². The molecule has 0 aliphatic carbocycles. The highest BCUT2D eigenvalue weighted by atomic mass is 16.5. The van der Waals surface area contributed by atoms with Gasteiger partial charge in [0.25, 0.3) is 0 Å². The van der Waals surface area contributed by atoms with Crippen molar-refractivity contribution in [1.82, 2.24) is 5.32 Å². The minimum atomic E-state index is -0.763. The van der Waals surface area contributed by atoms with Crippen molar-refractivity contribution in [3.63, 3.8) is 0 Å². The predicted octanol–water partition coefficient (Wildman–Crippen LogP) is 4.47. The lowest BCUT2D eigenvalue weighted by Crippen LogP contribution is -2.45. The Morgan fingerprint density at radius 2 is 1.52 bits per heavy atom. The minimum absolute atomic E-state index is 0.143. The molecule has 2 amide bonds. The van der Waals surface area contributed by atoms with E-state index in [-0.39, 0.29) is 12.5 Å². The summed E-state index contributed by atoms with van der Waals surface area (Å²) < 4.78 is 5.29. The SMILES string of the molecule is Cc1cccc(NC(=O)[C@@H](Cc2ccccc2)NC(=O)OCc2ccccc2)c1. The Morgan fingerprint density at radius 3 is 2.17 bits per heavy atom. The third kappa shape index (κ3) is 6.50. The van der Waals surface area contributed by atoms with Crippen LogP contribution in [0.4, 0.5) is 10.5 Å². The topological polar surface area (TPSA) is 67.4 Å². The molecule has 0 heterocycles. The fourth-order valence-corrected chi connectivity index (χ4v) is 2.92. The smallest absolute Gasteiger partial charge is 0.408 e. The van der Waals surface area contributed by atoms with E-state index in [4.69, 9.17) is 4.74 Å². The minimum Gasteiger partial charge on any atom is -0.445 e. The second kappa shape index (κ2) is 10.1. The van der Waals surface area contributed by atoms with E-state index < -0.39 is 12.1 Å². The molecular formula is C24H24N2O3. The van der Waals surface area contributed by atoms with Crippen LogP contribution in [0.5, 0.6) is 0 Å². The van der Waals surface area contributed by atoms with E-state index in [2.05, 4.69) is 10.6 Å². The summed E-state index contributed by atoms with van der Waals surface area (Å²) in [6, 6.07) is 25.7. The quantitative estimate of drug-likeness (QED) is 0.627. The average molecular weight is 388 g/mol. The first-order valence-corrected chi connectivity index (χ1v) is 9.49. The number of hydrogen-bond acceptors (Lipinski definition) is 3. The van der Waals surface area contributed by atoms with Gasteiger partial charge < -0.3 is 15.4 Å². The summed E-state index contributed by atoms with van der Waals surface area (Å²) in [6.07, 6.45) is -0.270. The van der Waals surface area contributed by atoms with Crippen molar-refractivity contribution in [2.75, 3.05) is 5.32 Å². The molecule has 0 aliphatic rings. The zero-order chi connectivity index (χ0) is 20.5. The fraction of sp³-hybridized carbons (Fsp3) is 0.167. The van der Waals surface area contributed by atoms with Crippen LogP contribution >= 0.6 is 0 Å². The normalized spacial score (nSPS) is 11.3. The molecule has 0 spiro atoms. The number of carbonyl (C=O) groups is 2. The van der Waals surface area contributed by atoms with E-state index in [0.29, 0.717) is 12.1 Å². The lowest BCUT2D eigenvalue weighted by molar-refractivity contribution is -0.118. The molecule has 0 unspecified atom stereocenters. The van der Waals surface area contributed by atoms with Crippen LogP contribution < -0.4 is 10.6 Å². The summed E-state index contributed by atoms with van der Waals surface area (Å²) in [5.74, 6) is -0.295. The summed E-state index contributed by atoms with van der Waals surface area (Å²) in [4.78, 5) is 25.2. The van der Waals surface area contributed by atoms with Crippen molar-refractivity contribution in [1.29, 1.82) is 0 Å². The van der Waals surface area contributed by atoms with Crippen molar-refractivity contribution < 1.29 is 14.3 Å². The number of carbonyl (C=O) groups excluding carboxylic acids is 2. The molecule has 0 aromatic heterocycles. The Labute approximate surface area is 170 Å². The van der Waals surface area contributed by atoms with Gasteiger partial charge >= 0.3 is 6.09 Å². The second-order valence-corrected chi connectivity index (χ2v) is 6.81. The molecule has 0 bridgehead atoms. The number of anilines is 1. The monoisotopic (exact) mass is 388 g/mol. The van der Waals surface area contributed by atoms with Gasteiger partial charge in [0, 0.05) is 12.1 Å². The molecule has 0 saturated heterocycles. The molecular weight excluding hydrogens is 364 g/mol. The number of alkyl carbamates (subject to hydrolysis) is 1. The standard InChI is InChI=1S/C24H24N2O3/c1-18-9-8-14-21(15-18)25-23(27)22(16-19-10-4-2-5-11-19)26-24(28)29-17-20-12-6-3-7-13-20/h2-15,22H,16-17H2,1H3,(H,25,27)(H,26,28)/t22-/m1/s1. The van der Waals surface area contributed by atoms with Gasteiger partial charge in [-0.15, -0.1) is 0 Å². The van der Waals surface area contributed by atoms with Crippen molar-refractivity contribution in [2.45, 2.75) is 26.0 Å². The molecule has 2 N–H and O–H groups in total. The Bertz CT molecular complexity index is 943. The Kier molecular flexibility index (Phi) is 7.00. The molecule has 0 radical (unpaired) electrons. The van der Waals surface area contributed by atoms with Crippen LogP contribution in [0.25, 0.3) is 0 Å². The Morgan fingerprint density at radius 1 is 0.862 bits per heavy atom. The Balaban J connectivity index is 1.66. The lowest BCUT2D eigenvalue weighted by Gasteiger charge is -2.19. The molecule has 0 fully saturated rings. The largest absolute Gasteiger partial charge is 0.445 e. The third-order valence-corrected chi connectivity index (χ3v) is 4.39. The van der Waals surface area contributed by atoms with Gasteiger partial charge in [0.05, 0.1) is 0 Å². The van der Waals surface area contributed by atoms with E-state index in [1.165, 1.54) is 0 Å². The maximum absolute atomic E-state index is 12.9. The van der Waals surface area contributed by atoms with Gasteiger partial charge in [-0.05, 0) is 35.7 Å². The first-order chi connectivity index (χ1) is 14.1. The van der Waals surface area contributed by atoms with E-state index in [1.54, 1.807) is 0 Å². The summed E-state index contributed by atoms with van der Waals surface area (Å²) in [6.45, 7) is 2.10. The van der Waals surface area contributed by atoms with Crippen LogP contribution in [0.2, 0.25) is 0 Å². The molecule has 5 nitrogen and oxygen atoms in total. The van der Waals surface area contributed by atoms with Crippen LogP contribution in [0.3, 0.4) is 0 Å². The van der Waals surface area contributed by atoms with Crippen LogP contribution in [-0.2, 0) is 22.6 Å². The van der Waals surface area contributed by atoms with Crippen molar-refractivity contribution in [3.8, 4) is 0 Å². The average Bonchev–Trinajstić information content (AvgIpc) is 2.73. The summed E-state index contributed by atoms with van der Waals surface area (Å²) in [7, 11) is 0. The van der Waals surface area contributed by atoms with Gasteiger partial charge in [0.15, 0.2) is 0 Å². The molecule has 29 heavy (non-hydrogen) atoms. The second-order valence-electron chi connectivity index (χ2n) is 6.81. The number of hydrogen-bond donors (Lipinski definition) is 2. The summed E-state index contributed by atoms with van der Waals surface area (Å²) in [5.41, 5.74) is 3.55. The Hall–Kier alpha value is -3.60. The number of aryl methyl sites for hydroxylation is 1. The molecule has 0 saturated carbocycles. The molecule has 148 valence electrons. The molecule has 3 aromatic rings. The highest BCUT2D eigenvalue weighted by molar-refractivity contribution is 5.96. The first kappa shape index (κ1) is 20.1. The van der Waals surface area contributed by atoms with Crippen LogP contribution in [0, 0.1) is 6.92 Å². The summed E-state index contributed by atoms with van der Waals surface area (Å²) >= 11 is 0. The molecule has 3 rings (SSSR count). The fourth-order valence-electron chi connectivity index (χ4n) is 2.92. The van der Waals surface area contributed by atoms with Crippen LogP contribution in [0.15, 0.2) is 84.9 Å². The third-order valence-electron chi connectivity index (χ3n) is 4.39. The van der Waals surface area contributed by atoms with Gasteiger partial charge in [0.1, 0.15) is 12.6 Å². The number of benzene rings is 3. The van der Waals surface area contributed by atoms with E-state index in [0.717, 1.165) is 16.7 Å². The highest BCUT2D eigenvalue weighted by Crippen LogP contribution is 2.12. The number of nitrogens with one attached hydrogen (secondary N) is 2. The van der Waals surface area contributed by atoms with Gasteiger partial charge in [-0.2, -0.15) is 0 Å². The number of ether oxygens (including phenoxy) is 1. The number of rotatable bonds is 7. The van der Waals surface area contributed by atoms with Crippen molar-refractivity contribution in [2.24, 2.45) is 0 Å². The molecule has 0 aliphatic heterocycles. The van der Waals surface area contributed by atoms with Gasteiger partial charge in [-0.25, -0.2) is 4.79 Å². The molecule has 1 atom stereocenters. The maximum atomic E-state index is 12.9. The summed E-state index contributed by atoms with van der Waals surface area (Å²) in [5, 5.41) is 5.57. The van der Waals surface area contributed by atoms with E-state index >= 15 is 0 Å². The van der Waals surface area contributed by atoms with Gasteiger partial charge in [-0.1, -0.05) is 72.8 Å². The molecule has 3 aromatic carbocycles. The predicted molar refractivity (Wildman–Crippen MR) is 114 cm³/mol. The van der Waals surface area contributed by atoms with E-state index in [9.17, 15) is 9.59 Å². The zero-order valence-electron chi connectivity index (χ0n) is 16.3. The van der Waals surface area contributed by atoms with Crippen LogP contribution in [0.1, 0.15) is 16.7 Å². The first-order valence-electron chi connectivity index (χ1n) is 9.49. The molecule has 5 heteroatoms. The van der Waals surface area contributed by atoms with Crippen molar-refractivity contribution in [3.05, 3.63) is 102 Å². The van der Waals surface area contributed by atoms with E-state index in [1.807, 2.05) is 91.9 Å². The maximum Gasteiger partial charge on any atom is 0.408 e.